The molecule has 6 heteroatoms. The number of hydrogen-bond acceptors (Lipinski definition) is 3. The van der Waals surface area contributed by atoms with Gasteiger partial charge in [0.1, 0.15) is 6.04 Å². The number of halogens is 1. The van der Waals surface area contributed by atoms with Gasteiger partial charge in [-0.25, -0.2) is 5.01 Å². The number of carboxylic acid groups (broad SMARTS) is 1. The maximum atomic E-state index is 11.9. The van der Waals surface area contributed by atoms with Gasteiger partial charge in [0.25, 0.3) is 0 Å². The first kappa shape index (κ1) is 18.2. The smallest absolute Gasteiger partial charge is 0.322 e. The molecule has 1 atom stereocenters. The first-order valence-corrected chi connectivity index (χ1v) is 7.85. The molecule has 1 amide bonds. The Morgan fingerprint density at radius 3 is 2.48 bits per heavy atom. The molecule has 0 bridgehead atoms. The van der Waals surface area contributed by atoms with Crippen LogP contribution in [0.3, 0.4) is 0 Å². The predicted octanol–water partition coefficient (Wildman–Crippen LogP) is 2.59. The van der Waals surface area contributed by atoms with Crippen molar-refractivity contribution in [2.24, 2.45) is 11.8 Å². The lowest BCUT2D eigenvalue weighted by molar-refractivity contribution is -0.144. The molecule has 0 aromatic carbocycles. The summed E-state index contributed by atoms with van der Waals surface area (Å²) in [6.07, 6.45) is 7.92. The average Bonchev–Trinajstić information content (AvgIpc) is 2.86. The minimum Gasteiger partial charge on any atom is -0.480 e. The Balaban J connectivity index is 0.00000220. The highest BCUT2D eigenvalue weighted by atomic mass is 35.5. The molecule has 0 aromatic rings. The molecule has 2 fully saturated rings. The van der Waals surface area contributed by atoms with E-state index in [9.17, 15) is 9.59 Å². The number of carbonyl (C=O) groups excluding carboxylic acids is 1. The van der Waals surface area contributed by atoms with Gasteiger partial charge < -0.3 is 5.11 Å². The van der Waals surface area contributed by atoms with Gasteiger partial charge in [-0.1, -0.05) is 32.6 Å². The van der Waals surface area contributed by atoms with E-state index < -0.39 is 12.0 Å². The zero-order valence-corrected chi connectivity index (χ0v) is 13.5. The maximum absolute atomic E-state index is 11.9. The van der Waals surface area contributed by atoms with Crippen molar-refractivity contribution in [3.05, 3.63) is 0 Å². The van der Waals surface area contributed by atoms with Crippen LogP contribution in [0.1, 0.15) is 58.3 Å². The van der Waals surface area contributed by atoms with Crippen LogP contribution in [-0.4, -0.2) is 34.6 Å². The van der Waals surface area contributed by atoms with Gasteiger partial charge in [-0.05, 0) is 31.1 Å². The Kier molecular flexibility index (Phi) is 7.46. The molecule has 1 unspecified atom stereocenters. The highest BCUT2D eigenvalue weighted by Crippen LogP contribution is 2.31. The van der Waals surface area contributed by atoms with E-state index in [0.29, 0.717) is 25.3 Å². The van der Waals surface area contributed by atoms with Crippen molar-refractivity contribution >= 4 is 24.3 Å². The van der Waals surface area contributed by atoms with Gasteiger partial charge in [0.15, 0.2) is 0 Å². The van der Waals surface area contributed by atoms with Crippen LogP contribution in [0.15, 0.2) is 0 Å². The molecule has 21 heavy (non-hydrogen) atoms. The zero-order valence-electron chi connectivity index (χ0n) is 12.7. The molecule has 1 saturated carbocycles. The number of aliphatic carboxylic acids is 1. The van der Waals surface area contributed by atoms with Crippen LogP contribution < -0.4 is 5.43 Å². The van der Waals surface area contributed by atoms with Crippen molar-refractivity contribution < 1.29 is 14.7 Å². The van der Waals surface area contributed by atoms with E-state index in [0.717, 1.165) is 18.8 Å². The Morgan fingerprint density at radius 2 is 1.86 bits per heavy atom. The number of amides is 1. The number of carbonyl (C=O) groups is 2. The second-order valence-electron chi connectivity index (χ2n) is 6.39. The molecule has 1 heterocycles. The van der Waals surface area contributed by atoms with Crippen molar-refractivity contribution in [2.75, 3.05) is 6.54 Å². The summed E-state index contributed by atoms with van der Waals surface area (Å²) in [5, 5.41) is 10.7. The molecule has 2 N–H and O–H groups in total. The molecule has 0 radical (unpaired) electrons. The summed E-state index contributed by atoms with van der Waals surface area (Å²) in [4.78, 5) is 23.0. The largest absolute Gasteiger partial charge is 0.480 e. The first-order chi connectivity index (χ1) is 9.56. The molecule has 1 aliphatic carbocycles. The van der Waals surface area contributed by atoms with E-state index in [4.69, 9.17) is 5.11 Å². The summed E-state index contributed by atoms with van der Waals surface area (Å²) in [6.45, 7) is 2.94. The molecule has 122 valence electrons. The van der Waals surface area contributed by atoms with E-state index in [1.54, 1.807) is 5.01 Å². The fourth-order valence-corrected chi connectivity index (χ4v) is 3.33. The van der Waals surface area contributed by atoms with E-state index in [-0.39, 0.29) is 18.3 Å². The highest BCUT2D eigenvalue weighted by Gasteiger charge is 2.31. The number of hydrogen-bond donors (Lipinski definition) is 2. The van der Waals surface area contributed by atoms with Crippen molar-refractivity contribution in [1.82, 2.24) is 10.4 Å². The van der Waals surface area contributed by atoms with Gasteiger partial charge in [-0.2, -0.15) is 0 Å². The third-order valence-electron chi connectivity index (χ3n) is 4.72. The minimum atomic E-state index is -0.843. The van der Waals surface area contributed by atoms with E-state index in [1.165, 1.54) is 25.7 Å². The van der Waals surface area contributed by atoms with Gasteiger partial charge in [-0.15, -0.1) is 12.4 Å². The molecule has 0 spiro atoms. The van der Waals surface area contributed by atoms with Crippen LogP contribution in [0.25, 0.3) is 0 Å². The van der Waals surface area contributed by atoms with Crippen molar-refractivity contribution in [2.45, 2.75) is 64.3 Å². The summed E-state index contributed by atoms with van der Waals surface area (Å²) >= 11 is 0. The molecular formula is C15H27ClN2O3. The lowest BCUT2D eigenvalue weighted by atomic mass is 9.81. The lowest BCUT2D eigenvalue weighted by Gasteiger charge is -2.26. The van der Waals surface area contributed by atoms with Crippen LogP contribution >= 0.6 is 12.4 Å². The molecule has 1 aliphatic heterocycles. The van der Waals surface area contributed by atoms with Crippen LogP contribution in [0.5, 0.6) is 0 Å². The lowest BCUT2D eigenvalue weighted by Crippen LogP contribution is -2.48. The number of nitrogens with one attached hydrogen (secondary N) is 1. The summed E-state index contributed by atoms with van der Waals surface area (Å²) in [7, 11) is 0. The van der Waals surface area contributed by atoms with Crippen molar-refractivity contribution in [1.29, 1.82) is 0 Å². The first-order valence-electron chi connectivity index (χ1n) is 7.85. The summed E-state index contributed by atoms with van der Waals surface area (Å²) in [5.74, 6) is 0.632. The van der Waals surface area contributed by atoms with Crippen molar-refractivity contribution in [3.63, 3.8) is 0 Å². The Morgan fingerprint density at radius 1 is 1.19 bits per heavy atom. The molecule has 0 aromatic heterocycles. The highest BCUT2D eigenvalue weighted by molar-refractivity contribution is 5.85. The standard InChI is InChI=1S/C15H26N2O3.ClH/c1-11-4-6-12(7-5-11)8-9-14(18)16-17-10-2-3-13(17)15(19)20;/h11-13H,2-10H2,1H3,(H,16,18)(H,19,20);1H. The summed E-state index contributed by atoms with van der Waals surface area (Å²) < 4.78 is 0. The molecule has 1 saturated heterocycles. The minimum absolute atomic E-state index is 0. The maximum Gasteiger partial charge on any atom is 0.322 e. The van der Waals surface area contributed by atoms with Gasteiger partial charge in [0, 0.05) is 13.0 Å². The third-order valence-corrected chi connectivity index (χ3v) is 4.72. The molecule has 2 aliphatic rings. The molecule has 5 nitrogen and oxygen atoms in total. The predicted molar refractivity (Wildman–Crippen MR) is 83.1 cm³/mol. The van der Waals surface area contributed by atoms with Crippen LogP contribution in [-0.2, 0) is 9.59 Å². The average molecular weight is 319 g/mol. The normalized spacial score (nSPS) is 29.7. The van der Waals surface area contributed by atoms with E-state index in [2.05, 4.69) is 12.3 Å². The topological polar surface area (TPSA) is 69.6 Å². The van der Waals surface area contributed by atoms with Crippen LogP contribution in [0, 0.1) is 11.8 Å². The second-order valence-corrected chi connectivity index (χ2v) is 6.39. The van der Waals surface area contributed by atoms with Gasteiger partial charge in [-0.3, -0.25) is 15.0 Å². The number of nitrogens with zero attached hydrogens (tertiary/aromatic N) is 1. The van der Waals surface area contributed by atoms with Gasteiger partial charge >= 0.3 is 5.97 Å². The third kappa shape index (κ3) is 5.47. The van der Waals surface area contributed by atoms with Crippen LogP contribution in [0.4, 0.5) is 0 Å². The van der Waals surface area contributed by atoms with Crippen LogP contribution in [0.2, 0.25) is 0 Å². The molecular weight excluding hydrogens is 292 g/mol. The molecule has 2 rings (SSSR count). The number of carboxylic acids is 1. The monoisotopic (exact) mass is 318 g/mol. The summed E-state index contributed by atoms with van der Waals surface area (Å²) in [5.41, 5.74) is 2.77. The SMILES string of the molecule is CC1CCC(CCC(=O)NN2CCCC2C(=O)O)CC1.Cl. The number of hydrazine groups is 1. The quantitative estimate of drug-likeness (QED) is 0.817. The number of rotatable bonds is 5. The Labute approximate surface area is 132 Å². The fraction of sp³-hybridized carbons (Fsp3) is 0.867. The fourth-order valence-electron chi connectivity index (χ4n) is 3.33. The Bertz CT molecular complexity index is 357. The zero-order chi connectivity index (χ0) is 14.5. The van der Waals surface area contributed by atoms with E-state index in [1.807, 2.05) is 0 Å². The van der Waals surface area contributed by atoms with E-state index >= 15 is 0 Å². The second kappa shape index (κ2) is 8.59. The van der Waals surface area contributed by atoms with Gasteiger partial charge in [0.05, 0.1) is 0 Å². The Hall–Kier alpha value is -0.810. The van der Waals surface area contributed by atoms with Crippen molar-refractivity contribution in [3.8, 4) is 0 Å². The summed E-state index contributed by atoms with van der Waals surface area (Å²) in [6, 6.07) is -0.547. The van der Waals surface area contributed by atoms with Gasteiger partial charge in [0.2, 0.25) is 5.91 Å².